The van der Waals surface area contributed by atoms with Gasteiger partial charge in [0.25, 0.3) is 11.8 Å². The fraction of sp³-hybridized carbons (Fsp3) is 0.261. The summed E-state index contributed by atoms with van der Waals surface area (Å²) in [6, 6.07) is 9.51. The molecule has 0 bridgehead atoms. The van der Waals surface area contributed by atoms with Gasteiger partial charge >= 0.3 is 0 Å². The number of benzene rings is 2. The van der Waals surface area contributed by atoms with E-state index in [-0.39, 0.29) is 18.6 Å². The van der Waals surface area contributed by atoms with E-state index >= 15 is 0 Å². The van der Waals surface area contributed by atoms with Crippen LogP contribution in [-0.4, -0.2) is 37.5 Å². The van der Waals surface area contributed by atoms with Crippen LogP contribution in [0.1, 0.15) is 29.8 Å². The minimum atomic E-state index is -0.772. The van der Waals surface area contributed by atoms with Gasteiger partial charge in [-0.3, -0.25) is 9.59 Å². The van der Waals surface area contributed by atoms with E-state index in [9.17, 15) is 9.59 Å². The van der Waals surface area contributed by atoms with Crippen LogP contribution >= 0.6 is 15.9 Å². The number of halogens is 1. The van der Waals surface area contributed by atoms with Gasteiger partial charge in [0, 0.05) is 5.56 Å². The Morgan fingerprint density at radius 1 is 1.22 bits per heavy atom. The van der Waals surface area contributed by atoms with E-state index in [0.29, 0.717) is 29.4 Å². The van der Waals surface area contributed by atoms with Crippen LogP contribution in [0.3, 0.4) is 0 Å². The number of hydrogen-bond donors (Lipinski definition) is 2. The van der Waals surface area contributed by atoms with E-state index in [1.54, 1.807) is 36.4 Å². The zero-order valence-corrected chi connectivity index (χ0v) is 19.3. The first kappa shape index (κ1) is 23.3. The fourth-order valence-electron chi connectivity index (χ4n) is 2.90. The molecule has 0 fully saturated rings. The lowest BCUT2D eigenvalue weighted by Crippen LogP contribution is -2.48. The molecule has 0 spiro atoms. The zero-order valence-electron chi connectivity index (χ0n) is 17.8. The van der Waals surface area contributed by atoms with Gasteiger partial charge in [0.1, 0.15) is 18.4 Å². The molecule has 0 saturated carbocycles. The number of ether oxygens (including phenoxy) is 3. The van der Waals surface area contributed by atoms with Crippen molar-refractivity contribution in [2.24, 2.45) is 11.0 Å². The van der Waals surface area contributed by atoms with Crippen LogP contribution in [0.15, 0.2) is 58.6 Å². The lowest BCUT2D eigenvalue weighted by Gasteiger charge is -2.20. The summed E-state index contributed by atoms with van der Waals surface area (Å²) in [5.74, 6) is 0.798. The number of hydrazone groups is 1. The van der Waals surface area contributed by atoms with Crippen LogP contribution in [-0.2, 0) is 4.79 Å². The molecule has 2 N–H and O–H groups in total. The summed E-state index contributed by atoms with van der Waals surface area (Å²) in [6.07, 6.45) is 3.17. The summed E-state index contributed by atoms with van der Waals surface area (Å²) >= 11 is 3.44. The molecule has 3 rings (SSSR count). The van der Waals surface area contributed by atoms with Gasteiger partial charge in [-0.1, -0.05) is 26.5 Å². The molecule has 1 heterocycles. The van der Waals surface area contributed by atoms with Gasteiger partial charge < -0.3 is 19.5 Å². The first-order chi connectivity index (χ1) is 15.4. The number of fused-ring (bicyclic) bond motifs is 1. The van der Waals surface area contributed by atoms with E-state index in [4.69, 9.17) is 14.2 Å². The second-order valence-electron chi connectivity index (χ2n) is 7.29. The number of nitrogens with one attached hydrogen (secondary N) is 2. The molecule has 32 heavy (non-hydrogen) atoms. The predicted molar refractivity (Wildman–Crippen MR) is 124 cm³/mol. The third kappa shape index (κ3) is 5.88. The molecule has 8 nitrogen and oxygen atoms in total. The van der Waals surface area contributed by atoms with Crippen molar-refractivity contribution in [3.8, 4) is 17.2 Å². The Hall–Kier alpha value is -3.33. The van der Waals surface area contributed by atoms with Crippen molar-refractivity contribution in [2.75, 3.05) is 13.4 Å². The molecular formula is C23H24BrN3O5. The van der Waals surface area contributed by atoms with E-state index in [0.717, 1.165) is 10.0 Å². The van der Waals surface area contributed by atoms with Crippen molar-refractivity contribution in [2.45, 2.75) is 19.9 Å². The number of nitrogens with zero attached hydrogens (tertiary/aromatic N) is 1. The van der Waals surface area contributed by atoms with Gasteiger partial charge in [-0.25, -0.2) is 5.43 Å². The van der Waals surface area contributed by atoms with Gasteiger partial charge in [0.15, 0.2) is 11.5 Å². The van der Waals surface area contributed by atoms with Crippen molar-refractivity contribution in [3.05, 3.63) is 64.7 Å². The molecular weight excluding hydrogens is 478 g/mol. The average Bonchev–Trinajstić information content (AvgIpc) is 3.24. The highest BCUT2D eigenvalue weighted by atomic mass is 79.9. The molecule has 1 unspecified atom stereocenters. The van der Waals surface area contributed by atoms with Gasteiger partial charge in [0.2, 0.25) is 6.79 Å². The fourth-order valence-corrected chi connectivity index (χ4v) is 3.41. The van der Waals surface area contributed by atoms with E-state index in [1.807, 2.05) is 19.9 Å². The van der Waals surface area contributed by atoms with Gasteiger partial charge in [-0.2, -0.15) is 5.10 Å². The van der Waals surface area contributed by atoms with Gasteiger partial charge in [0.05, 0.1) is 10.7 Å². The van der Waals surface area contributed by atoms with Crippen LogP contribution in [0, 0.1) is 5.92 Å². The monoisotopic (exact) mass is 501 g/mol. The van der Waals surface area contributed by atoms with Gasteiger partial charge in [-0.15, -0.1) is 0 Å². The Morgan fingerprint density at radius 2 is 2.00 bits per heavy atom. The normalized spacial score (nSPS) is 13.1. The predicted octanol–water partition coefficient (Wildman–Crippen LogP) is 3.65. The molecule has 0 radical (unpaired) electrons. The van der Waals surface area contributed by atoms with E-state index in [2.05, 4.69) is 38.4 Å². The Kier molecular flexibility index (Phi) is 7.88. The van der Waals surface area contributed by atoms with E-state index < -0.39 is 11.9 Å². The maximum Gasteiger partial charge on any atom is 0.262 e. The molecule has 2 aromatic rings. The summed E-state index contributed by atoms with van der Waals surface area (Å²) in [7, 11) is 0. The van der Waals surface area contributed by atoms with Crippen molar-refractivity contribution in [3.63, 3.8) is 0 Å². The van der Waals surface area contributed by atoms with Crippen LogP contribution in [0.2, 0.25) is 0 Å². The highest BCUT2D eigenvalue weighted by Gasteiger charge is 2.25. The zero-order chi connectivity index (χ0) is 23.1. The SMILES string of the molecule is C=CCOc1ccc(C=NNC(=O)C(NC(=O)c2ccc3c(c2)OCO3)C(C)C)cc1Br. The molecule has 0 saturated heterocycles. The number of carbonyl (C=O) groups excluding carboxylic acids is 2. The molecule has 168 valence electrons. The second-order valence-corrected chi connectivity index (χ2v) is 8.14. The number of carbonyl (C=O) groups is 2. The summed E-state index contributed by atoms with van der Waals surface area (Å²) in [6.45, 7) is 7.82. The number of hydrogen-bond acceptors (Lipinski definition) is 6. The maximum atomic E-state index is 12.7. The Labute approximate surface area is 194 Å². The van der Waals surface area contributed by atoms with Crippen LogP contribution in [0.25, 0.3) is 0 Å². The molecule has 9 heteroatoms. The van der Waals surface area contributed by atoms with Crippen LogP contribution in [0.4, 0.5) is 0 Å². The molecule has 0 aliphatic carbocycles. The third-order valence-corrected chi connectivity index (χ3v) is 5.19. The molecule has 1 aliphatic rings. The summed E-state index contributed by atoms with van der Waals surface area (Å²) in [5.41, 5.74) is 3.62. The molecule has 2 amide bonds. The minimum absolute atomic E-state index is 0.122. The maximum absolute atomic E-state index is 12.7. The second kappa shape index (κ2) is 10.8. The quantitative estimate of drug-likeness (QED) is 0.310. The van der Waals surface area contributed by atoms with E-state index in [1.165, 1.54) is 6.21 Å². The largest absolute Gasteiger partial charge is 0.488 e. The Balaban J connectivity index is 1.61. The summed E-state index contributed by atoms with van der Waals surface area (Å²) in [4.78, 5) is 25.3. The van der Waals surface area contributed by atoms with Gasteiger partial charge in [-0.05, 0) is 63.8 Å². The average molecular weight is 502 g/mol. The molecule has 1 atom stereocenters. The van der Waals surface area contributed by atoms with Crippen LogP contribution < -0.4 is 25.0 Å². The summed E-state index contributed by atoms with van der Waals surface area (Å²) in [5, 5.41) is 6.77. The first-order valence-corrected chi connectivity index (χ1v) is 10.7. The highest BCUT2D eigenvalue weighted by Crippen LogP contribution is 2.32. The highest BCUT2D eigenvalue weighted by molar-refractivity contribution is 9.10. The van der Waals surface area contributed by atoms with Crippen LogP contribution in [0.5, 0.6) is 17.2 Å². The lowest BCUT2D eigenvalue weighted by atomic mass is 10.0. The molecule has 0 aromatic heterocycles. The Morgan fingerprint density at radius 3 is 2.72 bits per heavy atom. The van der Waals surface area contributed by atoms with Crippen molar-refractivity contribution >= 4 is 34.0 Å². The molecule has 1 aliphatic heterocycles. The number of amides is 2. The van der Waals surface area contributed by atoms with Crippen molar-refractivity contribution in [1.29, 1.82) is 0 Å². The summed E-state index contributed by atoms with van der Waals surface area (Å²) < 4.78 is 16.8. The third-order valence-electron chi connectivity index (χ3n) is 4.57. The molecule has 2 aromatic carbocycles. The van der Waals surface area contributed by atoms with Crippen molar-refractivity contribution in [1.82, 2.24) is 10.7 Å². The lowest BCUT2D eigenvalue weighted by molar-refractivity contribution is -0.123. The topological polar surface area (TPSA) is 98.2 Å². The first-order valence-electron chi connectivity index (χ1n) is 9.95. The smallest absolute Gasteiger partial charge is 0.262 e. The Bertz CT molecular complexity index is 1040. The van der Waals surface area contributed by atoms with Crippen molar-refractivity contribution < 1.29 is 23.8 Å². The number of rotatable bonds is 9. The minimum Gasteiger partial charge on any atom is -0.488 e. The standard InChI is InChI=1S/C23H24BrN3O5/c1-4-9-30-18-7-5-15(10-17(18)24)12-25-27-23(29)21(14(2)3)26-22(28)16-6-8-19-20(11-16)32-13-31-19/h4-8,10-12,14,21H,1,9,13H2,2-3H3,(H,26,28)(H,27,29).